The van der Waals surface area contributed by atoms with E-state index in [-0.39, 0.29) is 0 Å². The highest BCUT2D eigenvalue weighted by molar-refractivity contribution is 5.99. The van der Waals surface area contributed by atoms with E-state index in [0.717, 1.165) is 12.2 Å². The zero-order chi connectivity index (χ0) is 15.5. The van der Waals surface area contributed by atoms with Crippen LogP contribution in [0.5, 0.6) is 0 Å². The Hall–Kier alpha value is -2.96. The van der Waals surface area contributed by atoms with Crippen molar-refractivity contribution in [3.05, 3.63) is 54.2 Å². The number of benzene rings is 1. The molecule has 2 aromatic heterocycles. The first-order valence-electron chi connectivity index (χ1n) is 6.83. The molecule has 0 fully saturated rings. The Kier molecular flexibility index (Phi) is 3.69. The van der Waals surface area contributed by atoms with Crippen molar-refractivity contribution in [3.8, 4) is 0 Å². The lowest BCUT2D eigenvalue weighted by atomic mass is 10.3. The molecule has 3 rings (SSSR count). The molecule has 0 saturated carbocycles. The molecule has 0 aliphatic carbocycles. The third kappa shape index (κ3) is 2.88. The molecule has 0 aliphatic heterocycles. The number of aromatic nitrogens is 3. The van der Waals surface area contributed by atoms with Gasteiger partial charge in [0, 0.05) is 18.3 Å². The van der Waals surface area contributed by atoms with E-state index in [1.807, 2.05) is 11.3 Å². The number of carbonyl (C=O) groups excluding carboxylic acids is 1. The first-order chi connectivity index (χ1) is 10.7. The summed E-state index contributed by atoms with van der Waals surface area (Å²) in [6, 6.07) is 8.75. The number of fused-ring (bicyclic) bond motifs is 1. The summed E-state index contributed by atoms with van der Waals surface area (Å²) in [7, 11) is 0. The zero-order valence-electron chi connectivity index (χ0n) is 11.9. The quantitative estimate of drug-likeness (QED) is 0.780. The average molecular weight is 299 g/mol. The third-order valence-electron chi connectivity index (χ3n) is 3.13. The first-order valence-corrected chi connectivity index (χ1v) is 6.83. The lowest BCUT2D eigenvalue weighted by molar-refractivity contribution is 0.262. The summed E-state index contributed by atoms with van der Waals surface area (Å²) in [5.74, 6) is 0.403. The number of urea groups is 1. The fraction of sp³-hybridized carbons (Fsp3) is 0.133. The van der Waals surface area contributed by atoms with Gasteiger partial charge in [-0.25, -0.2) is 9.18 Å². The maximum absolute atomic E-state index is 13.1. The highest BCUT2D eigenvalue weighted by atomic mass is 19.1. The molecule has 1 aromatic carbocycles. The predicted octanol–water partition coefficient (Wildman–Crippen LogP) is 3.07. The van der Waals surface area contributed by atoms with Crippen molar-refractivity contribution in [1.82, 2.24) is 14.6 Å². The van der Waals surface area contributed by atoms with Crippen molar-refractivity contribution in [1.29, 1.82) is 0 Å². The van der Waals surface area contributed by atoms with Crippen molar-refractivity contribution < 1.29 is 9.18 Å². The number of hydrogen-bond donors (Lipinski definition) is 2. The van der Waals surface area contributed by atoms with Crippen molar-refractivity contribution in [2.24, 2.45) is 0 Å². The van der Waals surface area contributed by atoms with Crippen molar-refractivity contribution >= 4 is 23.1 Å². The van der Waals surface area contributed by atoms with E-state index in [9.17, 15) is 9.18 Å². The number of anilines is 2. The number of aryl methyl sites for hydroxylation is 1. The molecule has 0 aliphatic rings. The van der Waals surface area contributed by atoms with Crippen molar-refractivity contribution in [2.45, 2.75) is 13.3 Å². The SMILES string of the molecule is CCc1nnc2ccc(NC(=O)Nc3cccc(F)c3)cn12. The Balaban J connectivity index is 1.76. The summed E-state index contributed by atoms with van der Waals surface area (Å²) in [6.45, 7) is 1.98. The number of carbonyl (C=O) groups is 1. The van der Waals surface area contributed by atoms with Crippen LogP contribution in [0.25, 0.3) is 5.65 Å². The maximum Gasteiger partial charge on any atom is 0.323 e. The van der Waals surface area contributed by atoms with Gasteiger partial charge in [0.2, 0.25) is 0 Å². The Bertz CT molecular complexity index is 830. The summed E-state index contributed by atoms with van der Waals surface area (Å²) in [6.07, 6.45) is 2.49. The van der Waals surface area contributed by atoms with Gasteiger partial charge in [-0.05, 0) is 30.3 Å². The van der Waals surface area contributed by atoms with E-state index in [4.69, 9.17) is 0 Å². The second-order valence-electron chi connectivity index (χ2n) is 4.71. The molecule has 0 atom stereocenters. The minimum atomic E-state index is -0.448. The summed E-state index contributed by atoms with van der Waals surface area (Å²) in [5, 5.41) is 13.4. The van der Waals surface area contributed by atoms with Gasteiger partial charge in [0.1, 0.15) is 11.6 Å². The van der Waals surface area contributed by atoms with Crippen LogP contribution >= 0.6 is 0 Å². The topological polar surface area (TPSA) is 71.3 Å². The van der Waals surface area contributed by atoms with Gasteiger partial charge in [0.25, 0.3) is 0 Å². The molecule has 0 unspecified atom stereocenters. The predicted molar refractivity (Wildman–Crippen MR) is 81.4 cm³/mol. The standard InChI is InChI=1S/C15H14FN5O/c1-2-13-19-20-14-7-6-12(9-21(13)14)18-15(22)17-11-5-3-4-10(16)8-11/h3-9H,2H2,1H3,(H2,17,18,22). The lowest BCUT2D eigenvalue weighted by Gasteiger charge is -2.08. The van der Waals surface area contributed by atoms with E-state index in [2.05, 4.69) is 20.8 Å². The number of halogens is 1. The second-order valence-corrected chi connectivity index (χ2v) is 4.71. The highest BCUT2D eigenvalue weighted by Gasteiger charge is 2.07. The van der Waals surface area contributed by atoms with Gasteiger partial charge in [-0.2, -0.15) is 0 Å². The monoisotopic (exact) mass is 299 g/mol. The van der Waals surface area contributed by atoms with Crippen molar-refractivity contribution in [3.63, 3.8) is 0 Å². The van der Waals surface area contributed by atoms with Gasteiger partial charge in [-0.15, -0.1) is 10.2 Å². The molecule has 112 valence electrons. The molecule has 0 bridgehead atoms. The molecule has 22 heavy (non-hydrogen) atoms. The minimum absolute atomic E-state index is 0.386. The molecule has 2 N–H and O–H groups in total. The summed E-state index contributed by atoms with van der Waals surface area (Å²) >= 11 is 0. The number of amides is 2. The van der Waals surface area contributed by atoms with Crippen LogP contribution in [0, 0.1) is 5.82 Å². The van der Waals surface area contributed by atoms with E-state index < -0.39 is 11.8 Å². The van der Waals surface area contributed by atoms with E-state index in [1.165, 1.54) is 18.2 Å². The van der Waals surface area contributed by atoms with Crippen LogP contribution in [0.1, 0.15) is 12.7 Å². The second kappa shape index (κ2) is 5.80. The Morgan fingerprint density at radius 3 is 2.77 bits per heavy atom. The van der Waals surface area contributed by atoms with Crippen LogP contribution < -0.4 is 10.6 Å². The summed E-state index contributed by atoms with van der Waals surface area (Å²) in [4.78, 5) is 11.9. The normalized spacial score (nSPS) is 10.6. The molecule has 0 radical (unpaired) electrons. The van der Waals surface area contributed by atoms with E-state index >= 15 is 0 Å². The van der Waals surface area contributed by atoms with Gasteiger partial charge in [0.15, 0.2) is 5.65 Å². The fourth-order valence-corrected chi connectivity index (χ4v) is 2.11. The fourth-order valence-electron chi connectivity index (χ4n) is 2.11. The smallest absolute Gasteiger partial charge is 0.308 e. The van der Waals surface area contributed by atoms with Gasteiger partial charge in [-0.3, -0.25) is 4.40 Å². The summed E-state index contributed by atoms with van der Waals surface area (Å²) in [5.41, 5.74) is 1.70. The maximum atomic E-state index is 13.1. The molecule has 7 heteroatoms. The Morgan fingerprint density at radius 2 is 2.00 bits per heavy atom. The van der Waals surface area contributed by atoms with E-state index in [0.29, 0.717) is 17.0 Å². The molecule has 6 nitrogen and oxygen atoms in total. The van der Waals surface area contributed by atoms with Gasteiger partial charge in [0.05, 0.1) is 5.69 Å². The molecular formula is C15H14FN5O. The third-order valence-corrected chi connectivity index (χ3v) is 3.13. The van der Waals surface area contributed by atoms with Crippen LogP contribution in [0.2, 0.25) is 0 Å². The Morgan fingerprint density at radius 1 is 1.18 bits per heavy atom. The Labute approximate surface area is 126 Å². The average Bonchev–Trinajstić information content (AvgIpc) is 2.89. The molecule has 2 amide bonds. The lowest BCUT2D eigenvalue weighted by Crippen LogP contribution is -2.19. The molecule has 2 heterocycles. The van der Waals surface area contributed by atoms with Crippen LogP contribution in [0.4, 0.5) is 20.6 Å². The van der Waals surface area contributed by atoms with Crippen molar-refractivity contribution in [2.75, 3.05) is 10.6 Å². The molecule has 3 aromatic rings. The number of rotatable bonds is 3. The number of hydrogen-bond acceptors (Lipinski definition) is 3. The summed E-state index contributed by atoms with van der Waals surface area (Å²) < 4.78 is 14.9. The van der Waals surface area contributed by atoms with E-state index in [1.54, 1.807) is 24.4 Å². The number of pyridine rings is 1. The minimum Gasteiger partial charge on any atom is -0.308 e. The highest BCUT2D eigenvalue weighted by Crippen LogP contribution is 2.13. The largest absolute Gasteiger partial charge is 0.323 e. The molecule has 0 spiro atoms. The van der Waals surface area contributed by atoms with Gasteiger partial charge >= 0.3 is 6.03 Å². The van der Waals surface area contributed by atoms with Crippen LogP contribution in [-0.4, -0.2) is 20.6 Å². The van der Waals surface area contributed by atoms with Gasteiger partial charge < -0.3 is 10.6 Å². The number of nitrogens with zero attached hydrogens (tertiary/aromatic N) is 3. The van der Waals surface area contributed by atoms with Gasteiger partial charge in [-0.1, -0.05) is 13.0 Å². The molecule has 0 saturated heterocycles. The van der Waals surface area contributed by atoms with Crippen LogP contribution in [0.15, 0.2) is 42.6 Å². The zero-order valence-corrected chi connectivity index (χ0v) is 11.9. The first kappa shape index (κ1) is 14.0. The molecular weight excluding hydrogens is 285 g/mol. The number of nitrogens with one attached hydrogen (secondary N) is 2. The van der Waals surface area contributed by atoms with Crippen LogP contribution in [-0.2, 0) is 6.42 Å². The van der Waals surface area contributed by atoms with Crippen LogP contribution in [0.3, 0.4) is 0 Å².